The fourth-order valence-electron chi connectivity index (χ4n) is 1.48. The normalized spacial score (nSPS) is 23.9. The number of nitrogens with one attached hydrogen (secondary N) is 2. The number of amides is 1. The number of aliphatic imine (C=N–C) groups is 1. The van der Waals surface area contributed by atoms with Crippen molar-refractivity contribution >= 4 is 11.7 Å². The molecule has 1 amide bonds. The molecule has 4 heteroatoms. The summed E-state index contributed by atoms with van der Waals surface area (Å²) in [5.74, 6) is 0.690. The third kappa shape index (κ3) is 2.68. The van der Waals surface area contributed by atoms with Crippen molar-refractivity contribution in [1.29, 1.82) is 0 Å². The van der Waals surface area contributed by atoms with Crippen LogP contribution >= 0.6 is 0 Å². The maximum absolute atomic E-state index is 11.3. The molecule has 0 spiro atoms. The second kappa shape index (κ2) is 4.77. The van der Waals surface area contributed by atoms with Crippen LogP contribution in [0.5, 0.6) is 0 Å². The molecule has 2 N–H and O–H groups in total. The van der Waals surface area contributed by atoms with E-state index < -0.39 is 5.66 Å². The van der Waals surface area contributed by atoms with Gasteiger partial charge in [0.25, 0.3) is 0 Å². The van der Waals surface area contributed by atoms with E-state index in [1.807, 2.05) is 6.92 Å². The molecule has 0 aromatic heterocycles. The number of amidine groups is 1. The average Bonchev–Trinajstić information content (AvgIpc) is 2.63. The molecule has 1 unspecified atom stereocenters. The minimum absolute atomic E-state index is 0.181. The summed E-state index contributed by atoms with van der Waals surface area (Å²) in [5.41, 5.74) is -0.441. The van der Waals surface area contributed by atoms with Crippen LogP contribution in [0.2, 0.25) is 0 Å². The molecule has 1 aliphatic rings. The first-order valence-electron chi connectivity index (χ1n) is 5.03. The van der Waals surface area contributed by atoms with Crippen molar-refractivity contribution in [3.8, 4) is 0 Å². The highest BCUT2D eigenvalue weighted by molar-refractivity contribution is 5.90. The zero-order valence-electron chi connectivity index (χ0n) is 9.05. The summed E-state index contributed by atoms with van der Waals surface area (Å²) < 4.78 is 0. The second-order valence-electron chi connectivity index (χ2n) is 3.51. The van der Waals surface area contributed by atoms with E-state index in [9.17, 15) is 4.79 Å². The molecular weight excluding hydrogens is 190 g/mol. The van der Waals surface area contributed by atoms with E-state index in [0.29, 0.717) is 13.0 Å². The fourth-order valence-corrected chi connectivity index (χ4v) is 1.48. The van der Waals surface area contributed by atoms with Crippen LogP contribution in [0.25, 0.3) is 0 Å². The lowest BCUT2D eigenvalue weighted by molar-refractivity contribution is -0.118. The summed E-state index contributed by atoms with van der Waals surface area (Å²) in [6, 6.07) is 0. The summed E-state index contributed by atoms with van der Waals surface area (Å²) >= 11 is 0. The highest BCUT2D eigenvalue weighted by Crippen LogP contribution is 2.14. The van der Waals surface area contributed by atoms with Crippen molar-refractivity contribution in [3.63, 3.8) is 0 Å². The van der Waals surface area contributed by atoms with Gasteiger partial charge in [-0.2, -0.15) is 0 Å². The Morgan fingerprint density at radius 2 is 2.47 bits per heavy atom. The summed E-state index contributed by atoms with van der Waals surface area (Å²) in [4.78, 5) is 15.6. The Hall–Kier alpha value is -1.58. The summed E-state index contributed by atoms with van der Waals surface area (Å²) in [6.07, 6.45) is 4.53. The molecule has 0 aliphatic carbocycles. The van der Waals surface area contributed by atoms with Gasteiger partial charge < -0.3 is 10.6 Å². The minimum Gasteiger partial charge on any atom is -0.350 e. The number of carbonyl (C=O) groups is 1. The molecular formula is C11H17N3O. The van der Waals surface area contributed by atoms with Crippen molar-refractivity contribution in [2.75, 3.05) is 6.54 Å². The van der Waals surface area contributed by atoms with Crippen molar-refractivity contribution < 1.29 is 4.79 Å². The first kappa shape index (κ1) is 11.5. The van der Waals surface area contributed by atoms with Gasteiger partial charge in [0.05, 0.1) is 6.54 Å². The Kier molecular flexibility index (Phi) is 3.66. The van der Waals surface area contributed by atoms with Crippen LogP contribution in [0, 0.1) is 0 Å². The van der Waals surface area contributed by atoms with Gasteiger partial charge in [-0.25, -0.2) is 0 Å². The van der Waals surface area contributed by atoms with E-state index in [-0.39, 0.29) is 5.91 Å². The van der Waals surface area contributed by atoms with E-state index in [4.69, 9.17) is 0 Å². The van der Waals surface area contributed by atoms with Gasteiger partial charge in [0.1, 0.15) is 11.5 Å². The summed E-state index contributed by atoms with van der Waals surface area (Å²) in [6.45, 7) is 9.65. The topological polar surface area (TPSA) is 53.5 Å². The number of carbonyl (C=O) groups excluding carboxylic acids is 1. The summed E-state index contributed by atoms with van der Waals surface area (Å²) in [7, 11) is 0. The second-order valence-corrected chi connectivity index (χ2v) is 3.51. The average molecular weight is 207 g/mol. The Morgan fingerprint density at radius 1 is 1.73 bits per heavy atom. The Morgan fingerprint density at radius 3 is 3.00 bits per heavy atom. The smallest absolute Gasteiger partial charge is 0.245 e. The zero-order chi connectivity index (χ0) is 11.3. The Labute approximate surface area is 90.2 Å². The first-order chi connectivity index (χ1) is 7.15. The standard InChI is InChI=1S/C11H17N3O/c1-4-7-9-12-8-11(6-3,13-9)14-10(15)5-2/h4-5H,1-2,6-8H2,3H3,(H,12,13)(H,14,15). The zero-order valence-corrected chi connectivity index (χ0v) is 9.05. The molecule has 1 rings (SSSR count). The van der Waals surface area contributed by atoms with Gasteiger partial charge in [0.15, 0.2) is 0 Å². The van der Waals surface area contributed by atoms with Crippen LogP contribution in [0.3, 0.4) is 0 Å². The predicted octanol–water partition coefficient (Wildman–Crippen LogP) is 0.973. The Bertz CT molecular complexity index is 309. The molecule has 1 heterocycles. The van der Waals surface area contributed by atoms with Gasteiger partial charge in [0.2, 0.25) is 5.91 Å². The minimum atomic E-state index is -0.441. The third-order valence-electron chi connectivity index (χ3n) is 2.41. The molecule has 82 valence electrons. The first-order valence-corrected chi connectivity index (χ1v) is 5.03. The van der Waals surface area contributed by atoms with Gasteiger partial charge in [-0.3, -0.25) is 9.79 Å². The van der Waals surface area contributed by atoms with Gasteiger partial charge in [-0.1, -0.05) is 19.6 Å². The number of rotatable bonds is 5. The molecule has 0 aromatic carbocycles. The molecule has 15 heavy (non-hydrogen) atoms. The highest BCUT2D eigenvalue weighted by atomic mass is 16.1. The largest absolute Gasteiger partial charge is 0.350 e. The number of nitrogens with zero attached hydrogens (tertiary/aromatic N) is 1. The van der Waals surface area contributed by atoms with Gasteiger partial charge in [0, 0.05) is 6.42 Å². The van der Waals surface area contributed by atoms with Crippen LogP contribution < -0.4 is 10.6 Å². The van der Waals surface area contributed by atoms with Crippen LogP contribution in [0.4, 0.5) is 0 Å². The molecule has 0 aromatic rings. The van der Waals surface area contributed by atoms with Crippen molar-refractivity contribution in [1.82, 2.24) is 10.6 Å². The van der Waals surface area contributed by atoms with Crippen molar-refractivity contribution in [2.45, 2.75) is 25.4 Å². The molecule has 1 atom stereocenters. The van der Waals surface area contributed by atoms with Crippen LogP contribution in [-0.2, 0) is 4.79 Å². The monoisotopic (exact) mass is 207 g/mol. The SMILES string of the molecule is C=CCC1=NCC(CC)(NC(=O)C=C)N1. The van der Waals surface area contributed by atoms with E-state index in [1.165, 1.54) is 6.08 Å². The van der Waals surface area contributed by atoms with E-state index in [0.717, 1.165) is 12.3 Å². The van der Waals surface area contributed by atoms with Gasteiger partial charge in [-0.15, -0.1) is 6.58 Å². The molecule has 0 saturated carbocycles. The lowest BCUT2D eigenvalue weighted by Crippen LogP contribution is -2.58. The molecule has 0 radical (unpaired) electrons. The molecule has 4 nitrogen and oxygen atoms in total. The van der Waals surface area contributed by atoms with E-state index in [1.54, 1.807) is 6.08 Å². The lowest BCUT2D eigenvalue weighted by Gasteiger charge is -2.29. The quantitative estimate of drug-likeness (QED) is 0.521. The molecule has 0 saturated heterocycles. The van der Waals surface area contributed by atoms with Crippen LogP contribution in [-0.4, -0.2) is 24.0 Å². The third-order valence-corrected chi connectivity index (χ3v) is 2.41. The summed E-state index contributed by atoms with van der Waals surface area (Å²) in [5, 5.41) is 6.08. The predicted molar refractivity (Wildman–Crippen MR) is 61.6 cm³/mol. The van der Waals surface area contributed by atoms with Gasteiger partial charge in [-0.05, 0) is 12.5 Å². The van der Waals surface area contributed by atoms with Crippen molar-refractivity contribution in [2.24, 2.45) is 4.99 Å². The van der Waals surface area contributed by atoms with Crippen molar-refractivity contribution in [3.05, 3.63) is 25.3 Å². The molecule has 0 bridgehead atoms. The maximum Gasteiger partial charge on any atom is 0.245 e. The van der Waals surface area contributed by atoms with Crippen LogP contribution in [0.15, 0.2) is 30.3 Å². The maximum atomic E-state index is 11.3. The highest BCUT2D eigenvalue weighted by Gasteiger charge is 2.33. The number of hydrogen-bond acceptors (Lipinski definition) is 3. The molecule has 0 fully saturated rings. The molecule has 1 aliphatic heterocycles. The van der Waals surface area contributed by atoms with Gasteiger partial charge >= 0.3 is 0 Å². The van der Waals surface area contributed by atoms with Crippen LogP contribution in [0.1, 0.15) is 19.8 Å². The Balaban J connectivity index is 2.63. The number of hydrogen-bond donors (Lipinski definition) is 2. The lowest BCUT2D eigenvalue weighted by atomic mass is 10.1. The van der Waals surface area contributed by atoms with E-state index in [2.05, 4.69) is 28.8 Å². The van der Waals surface area contributed by atoms with E-state index >= 15 is 0 Å². The fraction of sp³-hybridized carbons (Fsp3) is 0.455.